The van der Waals surface area contributed by atoms with Crippen molar-refractivity contribution in [1.29, 1.82) is 0 Å². The Bertz CT molecular complexity index is 272. The van der Waals surface area contributed by atoms with E-state index in [4.69, 9.17) is 4.74 Å². The quantitative estimate of drug-likeness (QED) is 0.760. The number of rotatable bonds is 4. The van der Waals surface area contributed by atoms with Crippen LogP contribution in [0.25, 0.3) is 0 Å². The summed E-state index contributed by atoms with van der Waals surface area (Å²) < 4.78 is 5.82. The minimum absolute atomic E-state index is 0.361. The molecule has 5 heteroatoms. The second-order valence-corrected chi connectivity index (χ2v) is 6.64. The van der Waals surface area contributed by atoms with Crippen molar-refractivity contribution in [1.82, 2.24) is 14.7 Å². The fourth-order valence-electron chi connectivity index (χ4n) is 2.94. The summed E-state index contributed by atoms with van der Waals surface area (Å²) >= 11 is 0. The van der Waals surface area contributed by atoms with Crippen molar-refractivity contribution in [3.63, 3.8) is 0 Å². The van der Waals surface area contributed by atoms with Crippen molar-refractivity contribution >= 4 is 0 Å². The van der Waals surface area contributed by atoms with E-state index in [9.17, 15) is 5.11 Å². The number of β-amino-alcohol motifs (C(OH)–C–C–N with tert-alkyl or cyclic N) is 1. The van der Waals surface area contributed by atoms with Crippen LogP contribution in [-0.4, -0.2) is 97.5 Å². The van der Waals surface area contributed by atoms with E-state index in [1.165, 1.54) is 0 Å². The molecule has 112 valence electrons. The maximum absolute atomic E-state index is 9.85. The van der Waals surface area contributed by atoms with Crippen LogP contribution in [0, 0.1) is 0 Å². The molecule has 0 aliphatic carbocycles. The van der Waals surface area contributed by atoms with Gasteiger partial charge in [-0.1, -0.05) is 0 Å². The molecule has 0 aromatic heterocycles. The molecule has 0 aromatic carbocycles. The van der Waals surface area contributed by atoms with Gasteiger partial charge in [0.15, 0.2) is 0 Å². The van der Waals surface area contributed by atoms with Crippen molar-refractivity contribution < 1.29 is 9.84 Å². The molecule has 2 fully saturated rings. The van der Waals surface area contributed by atoms with Gasteiger partial charge in [0.25, 0.3) is 0 Å². The van der Waals surface area contributed by atoms with E-state index in [2.05, 4.69) is 21.7 Å². The molecule has 0 saturated carbocycles. The molecule has 19 heavy (non-hydrogen) atoms. The summed E-state index contributed by atoms with van der Waals surface area (Å²) in [5, 5.41) is 9.85. The highest BCUT2D eigenvalue weighted by Gasteiger charge is 2.25. The fourth-order valence-corrected chi connectivity index (χ4v) is 2.94. The van der Waals surface area contributed by atoms with Gasteiger partial charge in [0.2, 0.25) is 0 Å². The maximum Gasteiger partial charge on any atom is 0.0829 e. The van der Waals surface area contributed by atoms with Crippen LogP contribution in [0.3, 0.4) is 0 Å². The molecular formula is C14H29N3O2. The first-order valence-electron chi connectivity index (χ1n) is 7.40. The van der Waals surface area contributed by atoms with Gasteiger partial charge in [0.05, 0.1) is 18.3 Å². The Labute approximate surface area is 117 Å². The van der Waals surface area contributed by atoms with Crippen molar-refractivity contribution in [2.75, 3.05) is 66.0 Å². The number of piperazine rings is 1. The third kappa shape index (κ3) is 5.36. The summed E-state index contributed by atoms with van der Waals surface area (Å²) in [6, 6.07) is 0. The monoisotopic (exact) mass is 271 g/mol. The van der Waals surface area contributed by atoms with E-state index in [1.807, 2.05) is 13.8 Å². The highest BCUT2D eigenvalue weighted by atomic mass is 16.5. The summed E-state index contributed by atoms with van der Waals surface area (Å²) in [7, 11) is 2.16. The average molecular weight is 271 g/mol. The van der Waals surface area contributed by atoms with E-state index in [-0.39, 0.29) is 0 Å². The lowest BCUT2D eigenvalue weighted by Crippen LogP contribution is -2.53. The maximum atomic E-state index is 9.85. The van der Waals surface area contributed by atoms with Crippen LogP contribution in [0.15, 0.2) is 0 Å². The van der Waals surface area contributed by atoms with Gasteiger partial charge in [0, 0.05) is 52.4 Å². The Morgan fingerprint density at radius 3 is 2.32 bits per heavy atom. The molecule has 1 atom stereocenters. The molecule has 1 unspecified atom stereocenters. The Balaban J connectivity index is 1.68. The first-order valence-corrected chi connectivity index (χ1v) is 7.40. The summed E-state index contributed by atoms with van der Waals surface area (Å²) in [6.45, 7) is 12.8. The first kappa shape index (κ1) is 15.2. The van der Waals surface area contributed by atoms with Gasteiger partial charge in [-0.05, 0) is 20.9 Å². The predicted molar refractivity (Wildman–Crippen MR) is 76.4 cm³/mol. The number of nitrogens with zero attached hydrogens (tertiary/aromatic N) is 3. The minimum atomic E-state index is -0.586. The normalized spacial score (nSPS) is 28.7. The predicted octanol–water partition coefficient (Wildman–Crippen LogP) is -0.294. The minimum Gasteiger partial charge on any atom is -0.389 e. The van der Waals surface area contributed by atoms with Gasteiger partial charge >= 0.3 is 0 Å². The van der Waals surface area contributed by atoms with Gasteiger partial charge in [0.1, 0.15) is 0 Å². The third-order valence-electron chi connectivity index (χ3n) is 3.88. The summed E-state index contributed by atoms with van der Waals surface area (Å²) in [4.78, 5) is 7.19. The van der Waals surface area contributed by atoms with Crippen LogP contribution in [0.2, 0.25) is 0 Å². The van der Waals surface area contributed by atoms with Crippen molar-refractivity contribution in [2.24, 2.45) is 0 Å². The number of aliphatic hydroxyl groups is 1. The molecule has 2 aliphatic rings. The molecule has 5 nitrogen and oxygen atoms in total. The van der Waals surface area contributed by atoms with E-state index in [0.717, 1.165) is 59.0 Å². The van der Waals surface area contributed by atoms with Gasteiger partial charge in [-0.15, -0.1) is 0 Å². The van der Waals surface area contributed by atoms with Gasteiger partial charge in [-0.25, -0.2) is 0 Å². The van der Waals surface area contributed by atoms with Crippen molar-refractivity contribution in [3.05, 3.63) is 0 Å². The smallest absolute Gasteiger partial charge is 0.0829 e. The third-order valence-corrected chi connectivity index (χ3v) is 3.88. The fraction of sp³-hybridized carbons (Fsp3) is 1.00. The molecule has 2 heterocycles. The zero-order valence-corrected chi connectivity index (χ0v) is 12.6. The standard InChI is InChI=1S/C14H29N3O2/c1-14(2,18)12-17-6-4-16(5-7-17)11-13-10-15(3)8-9-19-13/h13,18H,4-12H2,1-3H3. The molecule has 2 rings (SSSR count). The van der Waals surface area contributed by atoms with E-state index < -0.39 is 5.60 Å². The van der Waals surface area contributed by atoms with Crippen LogP contribution in [0.1, 0.15) is 13.8 Å². The lowest BCUT2D eigenvalue weighted by atomic mass is 10.1. The highest BCUT2D eigenvalue weighted by molar-refractivity contribution is 4.80. The number of hydrogen-bond donors (Lipinski definition) is 1. The van der Waals surface area contributed by atoms with E-state index >= 15 is 0 Å². The summed E-state index contributed by atoms with van der Waals surface area (Å²) in [5.74, 6) is 0. The number of hydrogen-bond acceptors (Lipinski definition) is 5. The molecule has 0 spiro atoms. The molecule has 0 radical (unpaired) electrons. The number of likely N-dealkylation sites (N-methyl/N-ethyl adjacent to an activating group) is 1. The molecule has 1 N–H and O–H groups in total. The molecule has 2 saturated heterocycles. The van der Waals surface area contributed by atoms with Gasteiger partial charge in [-0.3, -0.25) is 9.80 Å². The highest BCUT2D eigenvalue weighted by Crippen LogP contribution is 2.11. The van der Waals surface area contributed by atoms with Crippen molar-refractivity contribution in [2.45, 2.75) is 25.6 Å². The van der Waals surface area contributed by atoms with Gasteiger partial charge < -0.3 is 14.7 Å². The first-order chi connectivity index (χ1) is 8.92. The van der Waals surface area contributed by atoms with E-state index in [1.54, 1.807) is 0 Å². The number of morpholine rings is 1. The second-order valence-electron chi connectivity index (χ2n) is 6.64. The van der Waals surface area contributed by atoms with Gasteiger partial charge in [-0.2, -0.15) is 0 Å². The molecule has 0 amide bonds. The molecule has 2 aliphatic heterocycles. The number of ether oxygens (including phenoxy) is 1. The lowest BCUT2D eigenvalue weighted by molar-refractivity contribution is -0.0449. The summed E-state index contributed by atoms with van der Waals surface area (Å²) in [5.41, 5.74) is -0.586. The second kappa shape index (κ2) is 6.50. The largest absolute Gasteiger partial charge is 0.389 e. The SMILES string of the molecule is CN1CCOC(CN2CCN(CC(C)(C)O)CC2)C1. The van der Waals surface area contributed by atoms with Crippen LogP contribution in [0.5, 0.6) is 0 Å². The van der Waals surface area contributed by atoms with Crippen LogP contribution >= 0.6 is 0 Å². The Kier molecular flexibility index (Phi) is 5.20. The van der Waals surface area contributed by atoms with Crippen LogP contribution in [0.4, 0.5) is 0 Å². The zero-order valence-electron chi connectivity index (χ0n) is 12.6. The lowest BCUT2D eigenvalue weighted by Gasteiger charge is -2.39. The Morgan fingerprint density at radius 2 is 1.74 bits per heavy atom. The van der Waals surface area contributed by atoms with Crippen LogP contribution in [-0.2, 0) is 4.74 Å². The Morgan fingerprint density at radius 1 is 1.11 bits per heavy atom. The topological polar surface area (TPSA) is 39.2 Å². The van der Waals surface area contributed by atoms with Crippen LogP contribution < -0.4 is 0 Å². The Hall–Kier alpha value is -0.200. The molecule has 0 bridgehead atoms. The zero-order chi connectivity index (χ0) is 13.9. The summed E-state index contributed by atoms with van der Waals surface area (Å²) in [6.07, 6.45) is 0.361. The molecule has 0 aromatic rings. The van der Waals surface area contributed by atoms with E-state index in [0.29, 0.717) is 6.10 Å². The van der Waals surface area contributed by atoms with Crippen molar-refractivity contribution in [3.8, 4) is 0 Å². The molecular weight excluding hydrogens is 242 g/mol. The average Bonchev–Trinajstić information content (AvgIpc) is 2.30.